The molecule has 0 aliphatic heterocycles. The van der Waals surface area contributed by atoms with Crippen molar-refractivity contribution < 1.29 is 4.74 Å². The third kappa shape index (κ3) is 9.72. The minimum Gasteiger partial charge on any atom is -0.483 e. The Kier molecular flexibility index (Phi) is 11.4. The third-order valence-corrected chi connectivity index (χ3v) is 5.93. The number of unbranched alkanes of at least 4 members (excludes halogenated alkanes) is 9. The van der Waals surface area contributed by atoms with Gasteiger partial charge in [0.2, 0.25) is 0 Å². The van der Waals surface area contributed by atoms with E-state index in [4.69, 9.17) is 4.74 Å². The van der Waals surface area contributed by atoms with Crippen LogP contribution >= 0.6 is 0 Å². The highest BCUT2D eigenvalue weighted by molar-refractivity contribution is 5.79. The number of hydrogen-bond acceptors (Lipinski definition) is 2. The molecule has 0 fully saturated rings. The maximum Gasteiger partial charge on any atom is 0.129 e. The van der Waals surface area contributed by atoms with Crippen molar-refractivity contribution in [2.75, 3.05) is 6.54 Å². The van der Waals surface area contributed by atoms with Crippen molar-refractivity contribution in [3.05, 3.63) is 65.2 Å². The molecule has 0 spiro atoms. The Labute approximate surface area is 191 Å². The molecule has 0 aliphatic rings. The lowest BCUT2D eigenvalue weighted by Gasteiger charge is -2.28. The predicted molar refractivity (Wildman–Crippen MR) is 136 cm³/mol. The molecule has 0 bridgehead atoms. The summed E-state index contributed by atoms with van der Waals surface area (Å²) in [6.07, 6.45) is 15.6. The van der Waals surface area contributed by atoms with Gasteiger partial charge in [-0.15, -0.1) is 0 Å². The van der Waals surface area contributed by atoms with Crippen molar-refractivity contribution in [1.82, 2.24) is 0 Å². The highest BCUT2D eigenvalue weighted by Crippen LogP contribution is 2.29. The minimum absolute atomic E-state index is 0.365. The normalized spacial score (nSPS) is 11.9. The second kappa shape index (κ2) is 14.1. The fourth-order valence-corrected chi connectivity index (χ4v) is 4.08. The molecular weight excluding hydrogens is 378 g/mol. The van der Waals surface area contributed by atoms with E-state index in [-0.39, 0.29) is 5.60 Å². The van der Waals surface area contributed by atoms with Crippen LogP contribution in [0.3, 0.4) is 0 Å². The molecule has 0 atom stereocenters. The summed E-state index contributed by atoms with van der Waals surface area (Å²) < 4.78 is 6.30. The van der Waals surface area contributed by atoms with Crippen LogP contribution < -0.4 is 4.74 Å². The van der Waals surface area contributed by atoms with Crippen LogP contribution in [-0.4, -0.2) is 12.8 Å². The molecule has 0 unspecified atom stereocenters. The first-order chi connectivity index (χ1) is 15.0. The zero-order chi connectivity index (χ0) is 22.4. The summed E-state index contributed by atoms with van der Waals surface area (Å²) in [6, 6.07) is 16.7. The topological polar surface area (TPSA) is 21.6 Å². The van der Waals surface area contributed by atoms with Gasteiger partial charge in [0.05, 0.1) is 0 Å². The van der Waals surface area contributed by atoms with E-state index in [0.29, 0.717) is 0 Å². The Bertz CT molecular complexity index is 761. The maximum absolute atomic E-state index is 6.30. The third-order valence-electron chi connectivity index (χ3n) is 5.93. The fourth-order valence-electron chi connectivity index (χ4n) is 4.08. The Hall–Kier alpha value is -2.09. The largest absolute Gasteiger partial charge is 0.483 e. The first-order valence-corrected chi connectivity index (χ1v) is 12.4. The predicted octanol–water partition coefficient (Wildman–Crippen LogP) is 8.65. The minimum atomic E-state index is -0.365. The summed E-state index contributed by atoms with van der Waals surface area (Å²) in [5.41, 5.74) is 3.24. The number of ether oxygens (including phenoxy) is 1. The Morgan fingerprint density at radius 3 is 1.97 bits per heavy atom. The van der Waals surface area contributed by atoms with Crippen LogP contribution in [0.1, 0.15) is 102 Å². The molecule has 2 aromatic carbocycles. The van der Waals surface area contributed by atoms with Crippen LogP contribution in [0, 0.1) is 6.92 Å². The molecule has 2 nitrogen and oxygen atoms in total. The molecular formula is C29H43NO. The van der Waals surface area contributed by atoms with Crippen LogP contribution in [0.4, 0.5) is 0 Å². The van der Waals surface area contributed by atoms with Crippen molar-refractivity contribution in [1.29, 1.82) is 0 Å². The summed E-state index contributed by atoms with van der Waals surface area (Å²) >= 11 is 0. The van der Waals surface area contributed by atoms with Crippen molar-refractivity contribution in [3.8, 4) is 5.75 Å². The molecule has 2 heteroatoms. The second-order valence-electron chi connectivity index (χ2n) is 9.21. The lowest BCUT2D eigenvalue weighted by Crippen LogP contribution is -2.26. The van der Waals surface area contributed by atoms with Gasteiger partial charge in [0.25, 0.3) is 0 Å². The number of aryl methyl sites for hydroxylation is 1. The van der Waals surface area contributed by atoms with E-state index in [9.17, 15) is 0 Å². The van der Waals surface area contributed by atoms with E-state index in [1.165, 1.54) is 75.3 Å². The molecule has 0 aliphatic carbocycles. The molecule has 31 heavy (non-hydrogen) atoms. The van der Waals surface area contributed by atoms with Gasteiger partial charge in [0, 0.05) is 12.8 Å². The van der Waals surface area contributed by atoms with E-state index < -0.39 is 0 Å². The number of benzene rings is 2. The molecule has 2 rings (SSSR count). The molecule has 0 saturated heterocycles. The van der Waals surface area contributed by atoms with E-state index in [1.807, 2.05) is 18.3 Å². The van der Waals surface area contributed by atoms with Crippen LogP contribution in [-0.2, 0) is 5.60 Å². The standard InChI is InChI=1S/C29H43NO/c1-5-6-7-8-9-10-11-12-13-16-23-30-24-26-19-21-27(22-20-26)31-29(3,4)28-18-15-14-17-25(28)2/h14-15,17-22,24H,5-13,16,23H2,1-4H3. The molecule has 0 radical (unpaired) electrons. The quantitative estimate of drug-likeness (QED) is 0.208. The van der Waals surface area contributed by atoms with Gasteiger partial charge in [0.15, 0.2) is 0 Å². The van der Waals surface area contributed by atoms with Crippen molar-refractivity contribution in [2.24, 2.45) is 4.99 Å². The van der Waals surface area contributed by atoms with Crippen LogP contribution in [0.15, 0.2) is 53.5 Å². The van der Waals surface area contributed by atoms with E-state index in [1.54, 1.807) is 0 Å². The number of aliphatic imine (C=N–C) groups is 1. The molecule has 0 N–H and O–H groups in total. The summed E-state index contributed by atoms with van der Waals surface area (Å²) in [6.45, 7) is 9.58. The zero-order valence-electron chi connectivity index (χ0n) is 20.3. The highest BCUT2D eigenvalue weighted by atomic mass is 16.5. The average molecular weight is 422 g/mol. The van der Waals surface area contributed by atoms with Gasteiger partial charge in [-0.05, 0) is 68.1 Å². The van der Waals surface area contributed by atoms with E-state index in [2.05, 4.69) is 69.1 Å². The van der Waals surface area contributed by atoms with Gasteiger partial charge in [-0.25, -0.2) is 0 Å². The molecule has 0 heterocycles. The van der Waals surface area contributed by atoms with Crippen LogP contribution in [0.25, 0.3) is 0 Å². The number of hydrogen-bond donors (Lipinski definition) is 0. The van der Waals surface area contributed by atoms with E-state index in [0.717, 1.165) is 17.9 Å². The first kappa shape index (κ1) is 25.2. The lowest BCUT2D eigenvalue weighted by atomic mass is 9.93. The molecule has 2 aromatic rings. The molecule has 0 amide bonds. The van der Waals surface area contributed by atoms with Gasteiger partial charge >= 0.3 is 0 Å². The van der Waals surface area contributed by atoms with Gasteiger partial charge in [-0.2, -0.15) is 0 Å². The average Bonchev–Trinajstić information content (AvgIpc) is 2.75. The Morgan fingerprint density at radius 1 is 0.774 bits per heavy atom. The lowest BCUT2D eigenvalue weighted by molar-refractivity contribution is 0.108. The van der Waals surface area contributed by atoms with E-state index >= 15 is 0 Å². The summed E-state index contributed by atoms with van der Waals surface area (Å²) in [7, 11) is 0. The number of nitrogens with zero attached hydrogens (tertiary/aromatic N) is 1. The summed E-state index contributed by atoms with van der Waals surface area (Å²) in [4.78, 5) is 4.61. The number of rotatable bonds is 15. The fraction of sp³-hybridized carbons (Fsp3) is 0.552. The Balaban J connectivity index is 1.65. The summed E-state index contributed by atoms with van der Waals surface area (Å²) in [5.74, 6) is 0.889. The van der Waals surface area contributed by atoms with Gasteiger partial charge in [-0.3, -0.25) is 4.99 Å². The smallest absolute Gasteiger partial charge is 0.129 e. The Morgan fingerprint density at radius 2 is 1.35 bits per heavy atom. The zero-order valence-corrected chi connectivity index (χ0v) is 20.3. The van der Waals surface area contributed by atoms with Gasteiger partial charge in [-0.1, -0.05) is 89.0 Å². The monoisotopic (exact) mass is 421 g/mol. The first-order valence-electron chi connectivity index (χ1n) is 12.4. The molecule has 0 saturated carbocycles. The van der Waals surface area contributed by atoms with Crippen molar-refractivity contribution >= 4 is 6.21 Å². The maximum atomic E-state index is 6.30. The second-order valence-corrected chi connectivity index (χ2v) is 9.21. The highest BCUT2D eigenvalue weighted by Gasteiger charge is 2.24. The van der Waals surface area contributed by atoms with Gasteiger partial charge < -0.3 is 4.74 Å². The van der Waals surface area contributed by atoms with Gasteiger partial charge in [0.1, 0.15) is 11.4 Å². The van der Waals surface area contributed by atoms with Crippen molar-refractivity contribution in [2.45, 2.75) is 97.5 Å². The molecule has 170 valence electrons. The SMILES string of the molecule is CCCCCCCCCCCCN=Cc1ccc(OC(C)(C)c2ccccc2C)cc1. The van der Waals surface area contributed by atoms with Crippen molar-refractivity contribution in [3.63, 3.8) is 0 Å². The van der Waals surface area contributed by atoms with Crippen LogP contribution in [0.5, 0.6) is 5.75 Å². The summed E-state index contributed by atoms with van der Waals surface area (Å²) in [5, 5.41) is 0. The van der Waals surface area contributed by atoms with Crippen LogP contribution in [0.2, 0.25) is 0 Å². The molecule has 0 aromatic heterocycles.